The first kappa shape index (κ1) is 20.2. The van der Waals surface area contributed by atoms with Gasteiger partial charge in [-0.25, -0.2) is 9.97 Å². The Kier molecular flexibility index (Phi) is 5.88. The first-order chi connectivity index (χ1) is 14.5. The van der Waals surface area contributed by atoms with Gasteiger partial charge in [0.15, 0.2) is 0 Å². The second-order valence-corrected chi connectivity index (χ2v) is 7.91. The molecule has 1 fully saturated rings. The van der Waals surface area contributed by atoms with E-state index in [0.717, 1.165) is 66.5 Å². The standard InChI is InChI=1S/C23H29N5O2/c1-16-15-17(2)26-23(25-16)28-11-7-18(8-12-28)22(29)24-10-14-27-13-9-19-20(27)5-4-6-21(19)30-3/h4-6,9,13,15,18H,7-8,10-12,14H2,1-3H3,(H,24,29). The predicted octanol–water partition coefficient (Wildman–Crippen LogP) is 3.09. The Morgan fingerprint density at radius 3 is 2.60 bits per heavy atom. The van der Waals surface area contributed by atoms with Crippen LogP contribution in [0, 0.1) is 19.8 Å². The molecule has 0 bridgehead atoms. The van der Waals surface area contributed by atoms with Crippen molar-refractivity contribution in [1.82, 2.24) is 19.9 Å². The van der Waals surface area contributed by atoms with Crippen molar-refractivity contribution in [2.45, 2.75) is 33.2 Å². The van der Waals surface area contributed by atoms with E-state index in [9.17, 15) is 4.79 Å². The van der Waals surface area contributed by atoms with Crippen molar-refractivity contribution >= 4 is 22.8 Å². The van der Waals surface area contributed by atoms with Crippen LogP contribution in [0.15, 0.2) is 36.5 Å². The van der Waals surface area contributed by atoms with Gasteiger partial charge in [0.25, 0.3) is 0 Å². The molecule has 1 aliphatic rings. The van der Waals surface area contributed by atoms with Crippen LogP contribution in [0.25, 0.3) is 10.9 Å². The number of anilines is 1. The van der Waals surface area contributed by atoms with Gasteiger partial charge in [-0.3, -0.25) is 4.79 Å². The van der Waals surface area contributed by atoms with Gasteiger partial charge in [0.2, 0.25) is 11.9 Å². The molecule has 0 aliphatic carbocycles. The number of rotatable bonds is 6. The van der Waals surface area contributed by atoms with Gasteiger partial charge in [0.05, 0.1) is 12.6 Å². The molecule has 158 valence electrons. The van der Waals surface area contributed by atoms with Crippen molar-refractivity contribution in [3.63, 3.8) is 0 Å². The highest BCUT2D eigenvalue weighted by atomic mass is 16.5. The Hall–Kier alpha value is -3.09. The van der Waals surface area contributed by atoms with Gasteiger partial charge in [-0.05, 0) is 51.0 Å². The molecular formula is C23H29N5O2. The van der Waals surface area contributed by atoms with Crippen LogP contribution in [0.4, 0.5) is 5.95 Å². The van der Waals surface area contributed by atoms with Gasteiger partial charge in [-0.15, -0.1) is 0 Å². The quantitative estimate of drug-likeness (QED) is 0.680. The average molecular weight is 408 g/mol. The molecule has 2 aromatic heterocycles. The van der Waals surface area contributed by atoms with Crippen molar-refractivity contribution in [1.29, 1.82) is 0 Å². The highest BCUT2D eigenvalue weighted by Crippen LogP contribution is 2.26. The zero-order chi connectivity index (χ0) is 21.1. The third-order valence-electron chi connectivity index (χ3n) is 5.76. The zero-order valence-corrected chi connectivity index (χ0v) is 17.9. The summed E-state index contributed by atoms with van der Waals surface area (Å²) in [5.74, 6) is 1.84. The number of aryl methyl sites for hydroxylation is 2. The molecule has 7 nitrogen and oxygen atoms in total. The summed E-state index contributed by atoms with van der Waals surface area (Å²) in [6.07, 6.45) is 3.69. The number of carbonyl (C=O) groups is 1. The molecule has 3 aromatic rings. The van der Waals surface area contributed by atoms with E-state index in [1.54, 1.807) is 7.11 Å². The Balaban J connectivity index is 1.28. The van der Waals surface area contributed by atoms with E-state index >= 15 is 0 Å². The summed E-state index contributed by atoms with van der Waals surface area (Å²) < 4.78 is 7.57. The normalized spacial score (nSPS) is 14.8. The summed E-state index contributed by atoms with van der Waals surface area (Å²) in [6.45, 7) is 6.94. The van der Waals surface area contributed by atoms with Crippen LogP contribution in [0.3, 0.4) is 0 Å². The Morgan fingerprint density at radius 1 is 1.17 bits per heavy atom. The Labute approximate surface area is 177 Å². The first-order valence-corrected chi connectivity index (χ1v) is 10.5. The zero-order valence-electron chi connectivity index (χ0n) is 17.9. The summed E-state index contributed by atoms with van der Waals surface area (Å²) in [5, 5.41) is 4.21. The number of amides is 1. The first-order valence-electron chi connectivity index (χ1n) is 10.5. The topological polar surface area (TPSA) is 72.3 Å². The minimum absolute atomic E-state index is 0.0497. The smallest absolute Gasteiger partial charge is 0.225 e. The van der Waals surface area contributed by atoms with Crippen LogP contribution >= 0.6 is 0 Å². The minimum atomic E-state index is 0.0497. The second-order valence-electron chi connectivity index (χ2n) is 7.91. The fourth-order valence-corrected chi connectivity index (χ4v) is 4.20. The number of benzene rings is 1. The summed E-state index contributed by atoms with van der Waals surface area (Å²) in [6, 6.07) is 10.1. The Morgan fingerprint density at radius 2 is 1.90 bits per heavy atom. The fourth-order valence-electron chi connectivity index (χ4n) is 4.20. The van der Waals surface area contributed by atoms with E-state index in [0.29, 0.717) is 6.54 Å². The number of hydrogen-bond acceptors (Lipinski definition) is 5. The van der Waals surface area contributed by atoms with Crippen molar-refractivity contribution in [3.8, 4) is 5.75 Å². The van der Waals surface area contributed by atoms with E-state index in [1.165, 1.54) is 0 Å². The second kappa shape index (κ2) is 8.73. The van der Waals surface area contributed by atoms with Crippen molar-refractivity contribution < 1.29 is 9.53 Å². The van der Waals surface area contributed by atoms with Crippen LogP contribution in [0.2, 0.25) is 0 Å². The molecule has 1 N–H and O–H groups in total. The molecule has 1 amide bonds. The molecule has 1 aromatic carbocycles. The van der Waals surface area contributed by atoms with Gasteiger partial charge in [-0.1, -0.05) is 6.07 Å². The molecule has 0 unspecified atom stereocenters. The van der Waals surface area contributed by atoms with Crippen molar-refractivity contribution in [2.24, 2.45) is 5.92 Å². The maximum Gasteiger partial charge on any atom is 0.225 e. The summed E-state index contributed by atoms with van der Waals surface area (Å²) in [7, 11) is 1.68. The van der Waals surface area contributed by atoms with Gasteiger partial charge >= 0.3 is 0 Å². The number of nitrogens with zero attached hydrogens (tertiary/aromatic N) is 4. The van der Waals surface area contributed by atoms with E-state index < -0.39 is 0 Å². The monoisotopic (exact) mass is 407 g/mol. The SMILES string of the molecule is COc1cccc2c1ccn2CCNC(=O)C1CCN(c2nc(C)cc(C)n2)CC1. The number of hydrogen-bond donors (Lipinski definition) is 1. The molecule has 4 rings (SSSR count). The van der Waals surface area contributed by atoms with Crippen molar-refractivity contribution in [3.05, 3.63) is 47.9 Å². The van der Waals surface area contributed by atoms with Crippen LogP contribution in [-0.2, 0) is 11.3 Å². The number of piperidine rings is 1. The lowest BCUT2D eigenvalue weighted by Gasteiger charge is -2.31. The highest BCUT2D eigenvalue weighted by molar-refractivity contribution is 5.86. The number of carbonyl (C=O) groups excluding carboxylic acids is 1. The molecule has 7 heteroatoms. The predicted molar refractivity (Wildman–Crippen MR) is 118 cm³/mol. The lowest BCUT2D eigenvalue weighted by Crippen LogP contribution is -2.41. The van der Waals surface area contributed by atoms with Crippen LogP contribution in [-0.4, -0.2) is 47.2 Å². The highest BCUT2D eigenvalue weighted by Gasteiger charge is 2.26. The maximum absolute atomic E-state index is 12.7. The maximum atomic E-state index is 12.7. The molecule has 30 heavy (non-hydrogen) atoms. The molecular weight excluding hydrogens is 378 g/mol. The molecule has 1 saturated heterocycles. The molecule has 0 saturated carbocycles. The Bertz CT molecular complexity index is 1020. The number of methoxy groups -OCH3 is 1. The van der Waals surface area contributed by atoms with Crippen molar-refractivity contribution in [2.75, 3.05) is 31.6 Å². The molecule has 0 spiro atoms. The van der Waals surface area contributed by atoms with Gasteiger partial charge < -0.3 is 19.5 Å². The third-order valence-corrected chi connectivity index (χ3v) is 5.76. The molecule has 0 radical (unpaired) electrons. The molecule has 1 aliphatic heterocycles. The van der Waals surface area contributed by atoms with E-state index in [4.69, 9.17) is 4.74 Å². The van der Waals surface area contributed by atoms with Gasteiger partial charge in [0, 0.05) is 55.1 Å². The van der Waals surface area contributed by atoms with Crippen LogP contribution in [0.5, 0.6) is 5.75 Å². The van der Waals surface area contributed by atoms with Crippen LogP contribution < -0.4 is 15.0 Å². The average Bonchev–Trinajstić information content (AvgIpc) is 3.16. The molecule has 3 heterocycles. The third kappa shape index (κ3) is 4.25. The van der Waals surface area contributed by atoms with Gasteiger partial charge in [0.1, 0.15) is 5.75 Å². The number of aromatic nitrogens is 3. The summed E-state index contributed by atoms with van der Waals surface area (Å²) >= 11 is 0. The summed E-state index contributed by atoms with van der Waals surface area (Å²) in [5.41, 5.74) is 3.07. The van der Waals surface area contributed by atoms with Gasteiger partial charge in [-0.2, -0.15) is 0 Å². The number of fused-ring (bicyclic) bond motifs is 1. The summed E-state index contributed by atoms with van der Waals surface area (Å²) in [4.78, 5) is 23.9. The largest absolute Gasteiger partial charge is 0.496 e. The number of ether oxygens (including phenoxy) is 1. The minimum Gasteiger partial charge on any atom is -0.496 e. The fraction of sp³-hybridized carbons (Fsp3) is 0.435. The van der Waals surface area contributed by atoms with E-state index in [-0.39, 0.29) is 11.8 Å². The molecule has 0 atom stereocenters. The van der Waals surface area contributed by atoms with Crippen LogP contribution in [0.1, 0.15) is 24.2 Å². The van der Waals surface area contributed by atoms with E-state index in [2.05, 4.69) is 36.9 Å². The number of nitrogens with one attached hydrogen (secondary N) is 1. The lowest BCUT2D eigenvalue weighted by atomic mass is 9.96. The van der Waals surface area contributed by atoms with E-state index in [1.807, 2.05) is 38.2 Å². The lowest BCUT2D eigenvalue weighted by molar-refractivity contribution is -0.125.